The first-order valence-electron chi connectivity index (χ1n) is 7.34. The predicted octanol–water partition coefficient (Wildman–Crippen LogP) is 3.66. The molecule has 0 fully saturated rings. The molecule has 0 bridgehead atoms. The van der Waals surface area contributed by atoms with E-state index < -0.39 is 0 Å². The van der Waals surface area contributed by atoms with E-state index in [1.807, 2.05) is 18.2 Å². The number of nitrogens with one attached hydrogen (secondary N) is 2. The molecule has 2 unspecified atom stereocenters. The Kier molecular flexibility index (Phi) is 4.08. The maximum Gasteiger partial charge on any atom is 0.241 e. The van der Waals surface area contributed by atoms with Gasteiger partial charge >= 0.3 is 0 Å². The Morgan fingerprint density at radius 2 is 2.10 bits per heavy atom. The Morgan fingerprint density at radius 1 is 1.29 bits per heavy atom. The van der Waals surface area contributed by atoms with Crippen molar-refractivity contribution < 1.29 is 4.79 Å². The van der Waals surface area contributed by atoms with Crippen molar-refractivity contribution >= 4 is 22.9 Å². The van der Waals surface area contributed by atoms with Gasteiger partial charge in [-0.05, 0) is 50.5 Å². The Labute approximate surface area is 129 Å². The second-order valence-corrected chi connectivity index (χ2v) is 6.89. The summed E-state index contributed by atoms with van der Waals surface area (Å²) in [5, 5.41) is 6.51. The molecule has 2 atom stereocenters. The fourth-order valence-corrected chi connectivity index (χ4v) is 3.63. The van der Waals surface area contributed by atoms with Gasteiger partial charge in [-0.15, -0.1) is 11.3 Å². The highest BCUT2D eigenvalue weighted by molar-refractivity contribution is 7.12. The second kappa shape index (κ2) is 6.00. The van der Waals surface area contributed by atoms with Crippen molar-refractivity contribution in [2.24, 2.45) is 0 Å². The molecule has 1 aromatic heterocycles. The molecule has 21 heavy (non-hydrogen) atoms. The zero-order valence-corrected chi connectivity index (χ0v) is 13.2. The number of thiophene rings is 1. The van der Waals surface area contributed by atoms with Crippen molar-refractivity contribution in [1.29, 1.82) is 0 Å². The van der Waals surface area contributed by atoms with Gasteiger partial charge in [-0.2, -0.15) is 0 Å². The van der Waals surface area contributed by atoms with Crippen molar-refractivity contribution in [3.05, 3.63) is 51.7 Å². The molecule has 3 rings (SSSR count). The van der Waals surface area contributed by atoms with E-state index in [4.69, 9.17) is 0 Å². The predicted molar refractivity (Wildman–Crippen MR) is 87.8 cm³/mol. The van der Waals surface area contributed by atoms with Crippen LogP contribution in [0.4, 0.5) is 5.69 Å². The van der Waals surface area contributed by atoms with Crippen LogP contribution >= 0.6 is 11.3 Å². The fourth-order valence-electron chi connectivity index (χ4n) is 2.74. The zero-order chi connectivity index (χ0) is 14.8. The molecule has 2 aromatic rings. The molecule has 1 aromatic carbocycles. The molecule has 1 amide bonds. The van der Waals surface area contributed by atoms with Gasteiger partial charge < -0.3 is 5.32 Å². The highest BCUT2D eigenvalue weighted by atomic mass is 32.1. The maximum absolute atomic E-state index is 12.4. The number of amides is 1. The van der Waals surface area contributed by atoms with Gasteiger partial charge in [0.2, 0.25) is 5.91 Å². The van der Waals surface area contributed by atoms with Gasteiger partial charge in [-0.3, -0.25) is 10.1 Å². The van der Waals surface area contributed by atoms with Crippen LogP contribution in [0.15, 0.2) is 36.4 Å². The molecule has 1 aliphatic rings. The van der Waals surface area contributed by atoms with Crippen LogP contribution in [0.1, 0.15) is 34.7 Å². The van der Waals surface area contributed by atoms with E-state index >= 15 is 0 Å². The van der Waals surface area contributed by atoms with Crippen molar-refractivity contribution in [2.75, 3.05) is 5.32 Å². The quantitative estimate of drug-likeness (QED) is 0.908. The fraction of sp³-hybridized carbons (Fsp3) is 0.353. The lowest BCUT2D eigenvalue weighted by atomic mass is 10.1. The van der Waals surface area contributed by atoms with Crippen molar-refractivity contribution in [2.45, 2.75) is 38.8 Å². The minimum atomic E-state index is -0.144. The summed E-state index contributed by atoms with van der Waals surface area (Å²) in [6.45, 7) is 4.23. The number of anilines is 1. The molecule has 2 N–H and O–H groups in total. The molecule has 110 valence electrons. The highest BCUT2D eigenvalue weighted by Gasteiger charge is 2.25. The van der Waals surface area contributed by atoms with Gasteiger partial charge in [-0.1, -0.05) is 18.2 Å². The highest BCUT2D eigenvalue weighted by Crippen LogP contribution is 2.25. The summed E-state index contributed by atoms with van der Waals surface area (Å²) < 4.78 is 0. The van der Waals surface area contributed by atoms with E-state index in [2.05, 4.69) is 42.7 Å². The third-order valence-corrected chi connectivity index (χ3v) is 5.12. The molecular formula is C17H20N2OS. The number of fused-ring (bicyclic) bond motifs is 1. The average molecular weight is 300 g/mol. The molecule has 2 heterocycles. The summed E-state index contributed by atoms with van der Waals surface area (Å²) in [5.74, 6) is 0.0695. The monoisotopic (exact) mass is 300 g/mol. The summed E-state index contributed by atoms with van der Waals surface area (Å²) in [4.78, 5) is 15.0. The molecule has 0 saturated heterocycles. The molecule has 0 saturated carbocycles. The number of hydrogen-bond acceptors (Lipinski definition) is 3. The largest absolute Gasteiger partial charge is 0.324 e. The number of benzene rings is 1. The maximum atomic E-state index is 12.4. The van der Waals surface area contributed by atoms with Crippen LogP contribution in [0.2, 0.25) is 0 Å². The van der Waals surface area contributed by atoms with Crippen LogP contribution in [0.3, 0.4) is 0 Å². The van der Waals surface area contributed by atoms with E-state index in [0.717, 1.165) is 18.5 Å². The summed E-state index contributed by atoms with van der Waals surface area (Å²) >= 11 is 1.78. The van der Waals surface area contributed by atoms with Gasteiger partial charge in [-0.25, -0.2) is 0 Å². The molecular weight excluding hydrogens is 280 g/mol. The minimum absolute atomic E-state index is 0.0695. The number of carbonyl (C=O) groups excluding carboxylic acids is 1. The van der Waals surface area contributed by atoms with Crippen molar-refractivity contribution in [1.82, 2.24) is 5.32 Å². The van der Waals surface area contributed by atoms with Gasteiger partial charge in [0, 0.05) is 21.5 Å². The van der Waals surface area contributed by atoms with E-state index in [9.17, 15) is 4.79 Å². The Bertz CT molecular complexity index is 650. The van der Waals surface area contributed by atoms with Crippen LogP contribution in [-0.4, -0.2) is 11.9 Å². The Morgan fingerprint density at radius 3 is 2.86 bits per heavy atom. The zero-order valence-electron chi connectivity index (χ0n) is 12.3. The molecule has 1 aliphatic heterocycles. The van der Waals surface area contributed by atoms with Gasteiger partial charge in [0.1, 0.15) is 0 Å². The van der Waals surface area contributed by atoms with E-state index in [0.29, 0.717) is 0 Å². The molecule has 0 aliphatic carbocycles. The molecule has 0 spiro atoms. The first kappa shape index (κ1) is 14.3. The molecule has 3 nitrogen and oxygen atoms in total. The van der Waals surface area contributed by atoms with Crippen LogP contribution in [-0.2, 0) is 11.2 Å². The van der Waals surface area contributed by atoms with Crippen LogP contribution < -0.4 is 10.6 Å². The first-order chi connectivity index (χ1) is 10.1. The number of rotatable bonds is 3. The standard InChI is InChI=1S/C17H20N2OS/c1-11-7-10-16(21-11)12(2)18-15-9-8-13-5-3-4-6-14(13)19-17(15)20/h3-7,10,12,15,18H,8-9H2,1-2H3,(H,19,20). The normalized spacial score (nSPS) is 19.5. The minimum Gasteiger partial charge on any atom is -0.324 e. The number of carbonyl (C=O) groups is 1. The third kappa shape index (κ3) is 3.17. The lowest BCUT2D eigenvalue weighted by Gasteiger charge is -2.20. The Balaban J connectivity index is 1.71. The molecule has 4 heteroatoms. The van der Waals surface area contributed by atoms with Crippen molar-refractivity contribution in [3.63, 3.8) is 0 Å². The summed E-state index contributed by atoms with van der Waals surface area (Å²) in [5.41, 5.74) is 2.17. The van der Waals surface area contributed by atoms with Gasteiger partial charge in [0.05, 0.1) is 6.04 Å². The SMILES string of the molecule is Cc1ccc(C(C)NC2CCc3ccccc3NC2=O)s1. The van der Waals surface area contributed by atoms with Crippen LogP contribution in [0.5, 0.6) is 0 Å². The second-order valence-electron chi connectivity index (χ2n) is 5.57. The lowest BCUT2D eigenvalue weighted by Crippen LogP contribution is -2.40. The number of aryl methyl sites for hydroxylation is 2. The molecule has 0 radical (unpaired) electrons. The number of hydrogen-bond donors (Lipinski definition) is 2. The summed E-state index contributed by atoms with van der Waals surface area (Å²) in [6, 6.07) is 12.4. The summed E-state index contributed by atoms with van der Waals surface area (Å²) in [6.07, 6.45) is 1.75. The topological polar surface area (TPSA) is 41.1 Å². The van der Waals surface area contributed by atoms with Crippen molar-refractivity contribution in [3.8, 4) is 0 Å². The van der Waals surface area contributed by atoms with E-state index in [1.54, 1.807) is 11.3 Å². The van der Waals surface area contributed by atoms with Gasteiger partial charge in [0.25, 0.3) is 0 Å². The van der Waals surface area contributed by atoms with Crippen LogP contribution in [0, 0.1) is 6.92 Å². The number of para-hydroxylation sites is 1. The average Bonchev–Trinajstić information content (AvgIpc) is 2.84. The Hall–Kier alpha value is -1.65. The van der Waals surface area contributed by atoms with E-state index in [1.165, 1.54) is 15.3 Å². The smallest absolute Gasteiger partial charge is 0.241 e. The third-order valence-electron chi connectivity index (χ3n) is 3.93. The lowest BCUT2D eigenvalue weighted by molar-refractivity contribution is -0.118. The first-order valence-corrected chi connectivity index (χ1v) is 8.16. The van der Waals surface area contributed by atoms with Crippen LogP contribution in [0.25, 0.3) is 0 Å². The summed E-state index contributed by atoms with van der Waals surface area (Å²) in [7, 11) is 0. The van der Waals surface area contributed by atoms with Gasteiger partial charge in [0.15, 0.2) is 0 Å². The van der Waals surface area contributed by atoms with E-state index in [-0.39, 0.29) is 18.0 Å².